The number of piperazine rings is 1. The Morgan fingerprint density at radius 2 is 1.79 bits per heavy atom. The third-order valence-electron chi connectivity index (χ3n) is 4.51. The van der Waals surface area contributed by atoms with Crippen molar-refractivity contribution in [1.82, 2.24) is 19.8 Å². The molecule has 0 unspecified atom stereocenters. The molecular weight excluding hydrogens is 358 g/mol. The summed E-state index contributed by atoms with van der Waals surface area (Å²) in [6, 6.07) is 11.8. The van der Waals surface area contributed by atoms with E-state index >= 15 is 0 Å². The first kappa shape index (κ1) is 19.6. The zero-order chi connectivity index (χ0) is 19.8. The number of carbonyl (C=O) groups is 2. The number of nitrogens with zero attached hydrogens (tertiary/aromatic N) is 4. The summed E-state index contributed by atoms with van der Waals surface area (Å²) in [7, 11) is 0. The molecule has 0 spiro atoms. The Kier molecular flexibility index (Phi) is 6.78. The van der Waals surface area contributed by atoms with Crippen LogP contribution in [0, 0.1) is 0 Å². The van der Waals surface area contributed by atoms with Gasteiger partial charge >= 0.3 is 6.09 Å². The van der Waals surface area contributed by atoms with E-state index in [1.54, 1.807) is 29.0 Å². The molecule has 28 heavy (non-hydrogen) atoms. The third-order valence-corrected chi connectivity index (χ3v) is 4.51. The predicted molar refractivity (Wildman–Crippen MR) is 105 cm³/mol. The van der Waals surface area contributed by atoms with Crippen LogP contribution >= 0.6 is 0 Å². The SMILES string of the molecule is CCOC(=O)N1CCN(C(=O)c2ccnc(NCCc3ccccc3)n2)CC1. The van der Waals surface area contributed by atoms with Crippen LogP contribution in [0.1, 0.15) is 23.0 Å². The smallest absolute Gasteiger partial charge is 0.409 e. The molecule has 2 heterocycles. The summed E-state index contributed by atoms with van der Waals surface area (Å²) in [5.74, 6) is 0.281. The highest BCUT2D eigenvalue weighted by atomic mass is 16.6. The summed E-state index contributed by atoms with van der Waals surface area (Å²) in [6.07, 6.45) is 2.10. The van der Waals surface area contributed by atoms with Crippen molar-refractivity contribution < 1.29 is 14.3 Å². The maximum atomic E-state index is 12.7. The van der Waals surface area contributed by atoms with Gasteiger partial charge in [-0.1, -0.05) is 30.3 Å². The number of hydrogen-bond donors (Lipinski definition) is 1. The molecule has 1 aromatic heterocycles. The van der Waals surface area contributed by atoms with Crippen LogP contribution in [-0.4, -0.2) is 71.1 Å². The summed E-state index contributed by atoms with van der Waals surface area (Å²) in [5, 5.41) is 3.16. The van der Waals surface area contributed by atoms with E-state index in [0.717, 1.165) is 6.42 Å². The van der Waals surface area contributed by atoms with Gasteiger partial charge in [0, 0.05) is 38.9 Å². The Morgan fingerprint density at radius 3 is 2.50 bits per heavy atom. The number of anilines is 1. The quantitative estimate of drug-likeness (QED) is 0.821. The first-order valence-corrected chi connectivity index (χ1v) is 9.49. The molecule has 1 saturated heterocycles. The second-order valence-electron chi connectivity index (χ2n) is 6.41. The number of hydrogen-bond acceptors (Lipinski definition) is 6. The lowest BCUT2D eigenvalue weighted by atomic mass is 10.1. The molecule has 1 aromatic carbocycles. The van der Waals surface area contributed by atoms with Crippen molar-refractivity contribution in [1.29, 1.82) is 0 Å². The summed E-state index contributed by atoms with van der Waals surface area (Å²) >= 11 is 0. The zero-order valence-corrected chi connectivity index (χ0v) is 16.0. The van der Waals surface area contributed by atoms with E-state index in [0.29, 0.717) is 51.0 Å². The molecular formula is C20H25N5O3. The number of amides is 2. The first-order chi connectivity index (χ1) is 13.7. The topological polar surface area (TPSA) is 87.7 Å². The fourth-order valence-electron chi connectivity index (χ4n) is 3.00. The summed E-state index contributed by atoms with van der Waals surface area (Å²) in [5.41, 5.74) is 1.57. The van der Waals surface area contributed by atoms with Crippen molar-refractivity contribution in [3.05, 3.63) is 53.9 Å². The Labute approximate surface area is 164 Å². The molecule has 2 amide bonds. The second kappa shape index (κ2) is 9.68. The molecule has 1 aliphatic rings. The van der Waals surface area contributed by atoms with E-state index in [1.165, 1.54) is 5.56 Å². The van der Waals surface area contributed by atoms with Crippen molar-refractivity contribution in [2.24, 2.45) is 0 Å². The number of ether oxygens (including phenoxy) is 1. The Hall–Kier alpha value is -3.16. The number of aromatic nitrogens is 2. The van der Waals surface area contributed by atoms with Crippen molar-refractivity contribution >= 4 is 17.9 Å². The van der Waals surface area contributed by atoms with Gasteiger partial charge in [-0.2, -0.15) is 0 Å². The van der Waals surface area contributed by atoms with Crippen molar-refractivity contribution in [2.75, 3.05) is 44.6 Å². The minimum absolute atomic E-state index is 0.156. The monoisotopic (exact) mass is 383 g/mol. The van der Waals surface area contributed by atoms with Gasteiger partial charge in [-0.3, -0.25) is 4.79 Å². The Bertz CT molecular complexity index is 791. The van der Waals surface area contributed by atoms with Gasteiger partial charge in [-0.15, -0.1) is 0 Å². The van der Waals surface area contributed by atoms with Gasteiger partial charge in [0.05, 0.1) is 6.61 Å². The fraction of sp³-hybridized carbons (Fsp3) is 0.400. The van der Waals surface area contributed by atoms with Crippen molar-refractivity contribution in [2.45, 2.75) is 13.3 Å². The third kappa shape index (κ3) is 5.18. The lowest BCUT2D eigenvalue weighted by molar-refractivity contribution is 0.0566. The predicted octanol–water partition coefficient (Wildman–Crippen LogP) is 2.05. The maximum absolute atomic E-state index is 12.7. The molecule has 1 aliphatic heterocycles. The standard InChI is InChI=1S/C20H25N5O3/c1-2-28-20(27)25-14-12-24(13-15-25)18(26)17-9-11-22-19(23-17)21-10-8-16-6-4-3-5-7-16/h3-7,9,11H,2,8,10,12-15H2,1H3,(H,21,22,23). The van der Waals surface area contributed by atoms with Crippen LogP contribution in [0.4, 0.5) is 10.7 Å². The average Bonchev–Trinajstić information content (AvgIpc) is 2.74. The van der Waals surface area contributed by atoms with Crippen LogP contribution in [0.3, 0.4) is 0 Å². The minimum atomic E-state index is -0.332. The normalized spacial score (nSPS) is 13.9. The van der Waals surface area contributed by atoms with Gasteiger partial charge in [0.15, 0.2) is 0 Å². The molecule has 3 rings (SSSR count). The number of rotatable bonds is 6. The molecule has 8 heteroatoms. The van der Waals surface area contributed by atoms with Gasteiger partial charge in [0.1, 0.15) is 5.69 Å². The molecule has 0 saturated carbocycles. The molecule has 2 aromatic rings. The Morgan fingerprint density at radius 1 is 1.07 bits per heavy atom. The Balaban J connectivity index is 1.52. The van der Waals surface area contributed by atoms with Crippen LogP contribution in [0.25, 0.3) is 0 Å². The van der Waals surface area contributed by atoms with E-state index in [9.17, 15) is 9.59 Å². The molecule has 1 fully saturated rings. The van der Waals surface area contributed by atoms with Crippen LogP contribution < -0.4 is 5.32 Å². The molecule has 1 N–H and O–H groups in total. The average molecular weight is 383 g/mol. The zero-order valence-electron chi connectivity index (χ0n) is 16.0. The van der Waals surface area contributed by atoms with E-state index in [4.69, 9.17) is 4.74 Å². The van der Waals surface area contributed by atoms with Crippen molar-refractivity contribution in [3.8, 4) is 0 Å². The summed E-state index contributed by atoms with van der Waals surface area (Å²) in [4.78, 5) is 36.3. The summed E-state index contributed by atoms with van der Waals surface area (Å²) in [6.45, 7) is 4.63. The highest BCUT2D eigenvalue weighted by Crippen LogP contribution is 2.10. The van der Waals surface area contributed by atoms with E-state index in [-0.39, 0.29) is 12.0 Å². The van der Waals surface area contributed by atoms with E-state index < -0.39 is 0 Å². The highest BCUT2D eigenvalue weighted by Gasteiger charge is 2.26. The highest BCUT2D eigenvalue weighted by molar-refractivity contribution is 5.92. The van der Waals surface area contributed by atoms with Crippen LogP contribution in [0.5, 0.6) is 0 Å². The van der Waals surface area contributed by atoms with Gasteiger partial charge in [-0.25, -0.2) is 14.8 Å². The number of nitrogens with one attached hydrogen (secondary N) is 1. The molecule has 0 bridgehead atoms. The maximum Gasteiger partial charge on any atom is 0.409 e. The van der Waals surface area contributed by atoms with Crippen molar-refractivity contribution in [3.63, 3.8) is 0 Å². The van der Waals surface area contributed by atoms with E-state index in [1.807, 2.05) is 18.2 Å². The molecule has 0 aliphatic carbocycles. The largest absolute Gasteiger partial charge is 0.450 e. The molecule has 8 nitrogen and oxygen atoms in total. The van der Waals surface area contributed by atoms with Gasteiger partial charge in [0.2, 0.25) is 5.95 Å². The summed E-state index contributed by atoms with van der Waals surface area (Å²) < 4.78 is 5.00. The second-order valence-corrected chi connectivity index (χ2v) is 6.41. The molecule has 0 atom stereocenters. The minimum Gasteiger partial charge on any atom is -0.450 e. The van der Waals surface area contributed by atoms with Crippen LogP contribution in [-0.2, 0) is 11.2 Å². The lowest BCUT2D eigenvalue weighted by Gasteiger charge is -2.33. The fourth-order valence-corrected chi connectivity index (χ4v) is 3.00. The van der Waals surface area contributed by atoms with Gasteiger partial charge in [-0.05, 0) is 25.0 Å². The van der Waals surface area contributed by atoms with Crippen LogP contribution in [0.2, 0.25) is 0 Å². The van der Waals surface area contributed by atoms with Crippen LogP contribution in [0.15, 0.2) is 42.6 Å². The van der Waals surface area contributed by atoms with Gasteiger partial charge < -0.3 is 19.9 Å². The molecule has 0 radical (unpaired) electrons. The van der Waals surface area contributed by atoms with E-state index in [2.05, 4.69) is 27.4 Å². The lowest BCUT2D eigenvalue weighted by Crippen LogP contribution is -2.50. The first-order valence-electron chi connectivity index (χ1n) is 9.49. The number of benzene rings is 1. The van der Waals surface area contributed by atoms with Gasteiger partial charge in [0.25, 0.3) is 5.91 Å². The number of carbonyl (C=O) groups excluding carboxylic acids is 2. The molecule has 148 valence electrons.